The molecular formula is C33H37NO6. The van der Waals surface area contributed by atoms with Crippen LogP contribution < -0.4 is 14.2 Å². The van der Waals surface area contributed by atoms with Crippen molar-refractivity contribution in [1.82, 2.24) is 4.90 Å². The molecule has 40 heavy (non-hydrogen) atoms. The van der Waals surface area contributed by atoms with Crippen molar-refractivity contribution in [3.63, 3.8) is 0 Å². The Labute approximate surface area is 236 Å². The predicted molar refractivity (Wildman–Crippen MR) is 155 cm³/mol. The minimum Gasteiger partial charge on any atom is -0.507 e. The van der Waals surface area contributed by atoms with Crippen LogP contribution in [0.1, 0.15) is 55.8 Å². The lowest BCUT2D eigenvalue weighted by Crippen LogP contribution is -2.31. The average Bonchev–Trinajstić information content (AvgIpc) is 3.24. The highest BCUT2D eigenvalue weighted by Crippen LogP contribution is 2.42. The summed E-state index contributed by atoms with van der Waals surface area (Å²) in [7, 11) is 1.56. The van der Waals surface area contributed by atoms with Crippen molar-refractivity contribution in [3.05, 3.63) is 95.1 Å². The summed E-state index contributed by atoms with van der Waals surface area (Å²) in [6.45, 7) is 5.55. The van der Waals surface area contributed by atoms with E-state index in [9.17, 15) is 14.7 Å². The number of carbonyl (C=O) groups is 2. The first-order chi connectivity index (χ1) is 19.5. The minimum atomic E-state index is -0.793. The number of methoxy groups -OCH3 is 1. The Balaban J connectivity index is 1.75. The van der Waals surface area contributed by atoms with Gasteiger partial charge >= 0.3 is 0 Å². The summed E-state index contributed by atoms with van der Waals surface area (Å²) in [4.78, 5) is 28.4. The SMILES string of the molecule is CCCCOc1ccc(C2C(=C(O)c3ccc(OCCC)cc3)C(=O)C(=O)N2CCc2ccccc2)cc1OC. The zero-order valence-corrected chi connectivity index (χ0v) is 23.4. The van der Waals surface area contributed by atoms with E-state index in [2.05, 4.69) is 6.92 Å². The minimum absolute atomic E-state index is 0.0435. The molecule has 1 aliphatic heterocycles. The molecule has 0 radical (unpaired) electrons. The average molecular weight is 544 g/mol. The Hall–Kier alpha value is -4.26. The molecule has 7 nitrogen and oxygen atoms in total. The van der Waals surface area contributed by atoms with Crippen LogP contribution in [0.2, 0.25) is 0 Å². The van der Waals surface area contributed by atoms with Gasteiger partial charge in [0, 0.05) is 12.1 Å². The summed E-state index contributed by atoms with van der Waals surface area (Å²) in [6, 6.07) is 21.3. The van der Waals surface area contributed by atoms with Crippen molar-refractivity contribution < 1.29 is 28.9 Å². The second kappa shape index (κ2) is 13.7. The first-order valence-electron chi connectivity index (χ1n) is 13.8. The zero-order chi connectivity index (χ0) is 28.5. The van der Waals surface area contributed by atoms with Crippen molar-refractivity contribution in [2.24, 2.45) is 0 Å². The van der Waals surface area contributed by atoms with Crippen LogP contribution in [0.3, 0.4) is 0 Å². The Kier molecular flexibility index (Phi) is 9.84. The normalized spacial score (nSPS) is 16.3. The van der Waals surface area contributed by atoms with E-state index in [4.69, 9.17) is 14.2 Å². The van der Waals surface area contributed by atoms with Crippen LogP contribution in [0.4, 0.5) is 0 Å². The van der Waals surface area contributed by atoms with Gasteiger partial charge in [-0.25, -0.2) is 0 Å². The molecule has 0 spiro atoms. The smallest absolute Gasteiger partial charge is 0.295 e. The summed E-state index contributed by atoms with van der Waals surface area (Å²) in [5.41, 5.74) is 2.17. The Morgan fingerprint density at radius 2 is 1.62 bits per heavy atom. The molecule has 1 heterocycles. The van der Waals surface area contributed by atoms with E-state index >= 15 is 0 Å². The third-order valence-corrected chi connectivity index (χ3v) is 6.88. The summed E-state index contributed by atoms with van der Waals surface area (Å²) >= 11 is 0. The van der Waals surface area contributed by atoms with Gasteiger partial charge in [0.25, 0.3) is 11.7 Å². The first-order valence-corrected chi connectivity index (χ1v) is 13.8. The number of aliphatic hydroxyl groups is 1. The van der Waals surface area contributed by atoms with Crippen molar-refractivity contribution in [2.45, 2.75) is 45.6 Å². The van der Waals surface area contributed by atoms with Crippen molar-refractivity contribution in [1.29, 1.82) is 0 Å². The number of nitrogens with zero attached hydrogens (tertiary/aromatic N) is 1. The number of Topliss-reactive ketones (excluding diaryl/α,β-unsaturated/α-hetero) is 1. The van der Waals surface area contributed by atoms with Crippen LogP contribution in [-0.2, 0) is 16.0 Å². The lowest BCUT2D eigenvalue weighted by molar-refractivity contribution is -0.139. The maximum atomic E-state index is 13.4. The van der Waals surface area contributed by atoms with Crippen LogP contribution in [0.25, 0.3) is 5.76 Å². The number of ketones is 1. The summed E-state index contributed by atoms with van der Waals surface area (Å²) in [5.74, 6) is 0.163. The Bertz CT molecular complexity index is 1330. The predicted octanol–water partition coefficient (Wildman–Crippen LogP) is 6.33. The number of ether oxygens (including phenoxy) is 3. The van der Waals surface area contributed by atoms with Gasteiger partial charge in [-0.3, -0.25) is 9.59 Å². The zero-order valence-electron chi connectivity index (χ0n) is 23.4. The number of amides is 1. The third-order valence-electron chi connectivity index (χ3n) is 6.88. The maximum absolute atomic E-state index is 13.4. The van der Waals surface area contributed by atoms with E-state index in [1.54, 1.807) is 43.5 Å². The molecule has 1 unspecified atom stereocenters. The molecule has 0 saturated carbocycles. The standard InChI is InChI=1S/C33H37NO6/c1-4-6-21-40-27-17-14-25(22-28(27)38-3)30-29(31(35)24-12-15-26(16-13-24)39-20-5-2)32(36)33(37)34(30)19-18-23-10-8-7-9-11-23/h7-17,22,30,35H,4-6,18-21H2,1-3H3. The van der Waals surface area contributed by atoms with Gasteiger partial charge in [0.1, 0.15) is 11.5 Å². The van der Waals surface area contributed by atoms with E-state index in [0.717, 1.165) is 24.8 Å². The van der Waals surface area contributed by atoms with Gasteiger partial charge in [-0.15, -0.1) is 0 Å². The molecule has 210 valence electrons. The molecule has 1 N–H and O–H groups in total. The second-order valence-corrected chi connectivity index (χ2v) is 9.71. The number of hydrogen-bond donors (Lipinski definition) is 1. The molecule has 1 fully saturated rings. The van der Waals surface area contributed by atoms with Crippen LogP contribution in [0.5, 0.6) is 17.2 Å². The highest BCUT2D eigenvalue weighted by atomic mass is 16.5. The highest BCUT2D eigenvalue weighted by Gasteiger charge is 2.46. The molecule has 4 rings (SSSR count). The first kappa shape index (κ1) is 28.7. The summed E-state index contributed by atoms with van der Waals surface area (Å²) in [5, 5.41) is 11.4. The number of carbonyl (C=O) groups excluding carboxylic acids is 2. The lowest BCUT2D eigenvalue weighted by atomic mass is 9.94. The number of rotatable bonds is 13. The molecule has 3 aromatic rings. The molecule has 0 bridgehead atoms. The largest absolute Gasteiger partial charge is 0.507 e. The summed E-state index contributed by atoms with van der Waals surface area (Å²) in [6.07, 6.45) is 3.35. The molecule has 0 aliphatic carbocycles. The fourth-order valence-electron chi connectivity index (χ4n) is 4.74. The number of likely N-dealkylation sites (tertiary alicyclic amines) is 1. The Morgan fingerprint density at radius 1 is 0.875 bits per heavy atom. The monoisotopic (exact) mass is 543 g/mol. The quantitative estimate of drug-likeness (QED) is 0.117. The third kappa shape index (κ3) is 6.47. The number of benzene rings is 3. The van der Waals surface area contributed by atoms with Crippen molar-refractivity contribution >= 4 is 17.4 Å². The molecule has 3 aromatic carbocycles. The van der Waals surface area contributed by atoms with Crippen LogP contribution >= 0.6 is 0 Å². The Morgan fingerprint density at radius 3 is 2.30 bits per heavy atom. The molecule has 1 atom stereocenters. The second-order valence-electron chi connectivity index (χ2n) is 9.71. The fraction of sp³-hybridized carbons (Fsp3) is 0.333. The molecule has 1 amide bonds. The maximum Gasteiger partial charge on any atom is 0.295 e. The topological polar surface area (TPSA) is 85.3 Å². The van der Waals surface area contributed by atoms with Gasteiger partial charge in [-0.2, -0.15) is 0 Å². The van der Waals surface area contributed by atoms with E-state index in [1.807, 2.05) is 43.3 Å². The van der Waals surface area contributed by atoms with Gasteiger partial charge in [-0.1, -0.05) is 56.7 Å². The number of aliphatic hydroxyl groups excluding tert-OH is 1. The highest BCUT2D eigenvalue weighted by molar-refractivity contribution is 6.46. The van der Waals surface area contributed by atoms with E-state index in [1.165, 1.54) is 4.90 Å². The van der Waals surface area contributed by atoms with E-state index in [0.29, 0.717) is 54.6 Å². The molecular weight excluding hydrogens is 506 g/mol. The van der Waals surface area contributed by atoms with Gasteiger partial charge in [0.05, 0.1) is 31.9 Å². The van der Waals surface area contributed by atoms with Gasteiger partial charge in [0.15, 0.2) is 11.5 Å². The van der Waals surface area contributed by atoms with Gasteiger partial charge in [0.2, 0.25) is 0 Å². The van der Waals surface area contributed by atoms with E-state index in [-0.39, 0.29) is 11.3 Å². The van der Waals surface area contributed by atoms with E-state index < -0.39 is 17.7 Å². The van der Waals surface area contributed by atoms with Gasteiger partial charge in [-0.05, 0) is 66.8 Å². The van der Waals surface area contributed by atoms with Crippen LogP contribution in [0.15, 0.2) is 78.4 Å². The van der Waals surface area contributed by atoms with Crippen LogP contribution in [-0.4, -0.2) is 48.6 Å². The molecule has 1 aliphatic rings. The van der Waals surface area contributed by atoms with Crippen molar-refractivity contribution in [2.75, 3.05) is 26.9 Å². The van der Waals surface area contributed by atoms with Crippen molar-refractivity contribution in [3.8, 4) is 17.2 Å². The lowest BCUT2D eigenvalue weighted by Gasteiger charge is -2.26. The number of unbranched alkanes of at least 4 members (excludes halogenated alkanes) is 1. The molecule has 0 aromatic heterocycles. The van der Waals surface area contributed by atoms with Crippen LogP contribution in [0, 0.1) is 0 Å². The summed E-state index contributed by atoms with van der Waals surface area (Å²) < 4.78 is 17.2. The molecule has 1 saturated heterocycles. The fourth-order valence-corrected chi connectivity index (χ4v) is 4.74. The molecule has 7 heteroatoms. The number of hydrogen-bond acceptors (Lipinski definition) is 6. The van der Waals surface area contributed by atoms with Gasteiger partial charge < -0.3 is 24.2 Å².